The molecule has 0 nitrogen and oxygen atoms in total. The molecular weight excluding hydrogens is 538 g/mol. The summed E-state index contributed by atoms with van der Waals surface area (Å²) in [5, 5.41) is 0. The SMILES string of the molecule is CC1=CC(C)[C]([Hf+2]([C]2=C(C)C(C)=CC2C)[GeH]([CH3])[CH3])=C1C.[Cl-].[Cl-]. The van der Waals surface area contributed by atoms with Crippen LogP contribution in [-0.2, 0) is 19.0 Å². The Kier molecular flexibility index (Phi) is 9.26. The first-order chi connectivity index (χ1) is 9.25. The van der Waals surface area contributed by atoms with E-state index in [0.29, 0.717) is 0 Å². The fourth-order valence-corrected chi connectivity index (χ4v) is 55.7. The first kappa shape index (κ1) is 23.0. The van der Waals surface area contributed by atoms with E-state index in [1.165, 1.54) is 0 Å². The average Bonchev–Trinajstić information content (AvgIpc) is 2.72. The maximum Gasteiger partial charge on any atom is -1.00 e. The van der Waals surface area contributed by atoms with Crippen molar-refractivity contribution in [3.8, 4) is 0 Å². The van der Waals surface area contributed by atoms with Gasteiger partial charge < -0.3 is 24.8 Å². The standard InChI is InChI=1S/2C8H11.C2H7Ge.2ClH.Hf/c2*1-6-4-7(2)8(3)5-6;1-3-2;;;/h2*4,6H,1-3H3;3H,1-2H3;2*1H;/q;;;;;+2/p-2. The van der Waals surface area contributed by atoms with Crippen molar-refractivity contribution in [2.75, 3.05) is 0 Å². The zero-order chi connectivity index (χ0) is 15.2. The summed E-state index contributed by atoms with van der Waals surface area (Å²) in [4.78, 5) is 0. The van der Waals surface area contributed by atoms with Crippen molar-refractivity contribution >= 4 is 10.6 Å². The molecule has 2 atom stereocenters. The van der Waals surface area contributed by atoms with Gasteiger partial charge in [-0.2, -0.15) is 0 Å². The summed E-state index contributed by atoms with van der Waals surface area (Å²) >= 11 is -1.77. The molecule has 0 bridgehead atoms. The van der Waals surface area contributed by atoms with Gasteiger partial charge in [-0.3, -0.25) is 0 Å². The first-order valence-corrected chi connectivity index (χ1v) is 28.3. The number of rotatable bonds is 3. The van der Waals surface area contributed by atoms with Crippen molar-refractivity contribution in [3.05, 3.63) is 41.1 Å². The Bertz CT molecular complexity index is 509. The Morgan fingerprint density at radius 3 is 1.27 bits per heavy atom. The molecule has 22 heavy (non-hydrogen) atoms. The van der Waals surface area contributed by atoms with Gasteiger partial charge in [0.15, 0.2) is 0 Å². The summed E-state index contributed by atoms with van der Waals surface area (Å²) in [5.74, 6) is 6.80. The average molecular weight is 567 g/mol. The van der Waals surface area contributed by atoms with E-state index in [1.54, 1.807) is 22.3 Å². The van der Waals surface area contributed by atoms with Crippen molar-refractivity contribution in [2.24, 2.45) is 11.8 Å². The van der Waals surface area contributed by atoms with Crippen LogP contribution < -0.4 is 24.8 Å². The number of hydrogen-bond donors (Lipinski definition) is 0. The second-order valence-corrected chi connectivity index (χ2v) is 50.1. The van der Waals surface area contributed by atoms with Gasteiger partial charge in [0.2, 0.25) is 0 Å². The van der Waals surface area contributed by atoms with E-state index < -0.39 is 29.6 Å². The summed E-state index contributed by atoms with van der Waals surface area (Å²) < 4.78 is 3.93. The number of hydrogen-bond acceptors (Lipinski definition) is 0. The van der Waals surface area contributed by atoms with Crippen molar-refractivity contribution < 1.29 is 43.8 Å². The van der Waals surface area contributed by atoms with Crippen molar-refractivity contribution in [3.63, 3.8) is 0 Å². The second kappa shape index (κ2) is 8.88. The van der Waals surface area contributed by atoms with Gasteiger partial charge in [0.05, 0.1) is 0 Å². The van der Waals surface area contributed by atoms with Gasteiger partial charge in [-0.25, -0.2) is 0 Å². The molecule has 0 aromatic carbocycles. The van der Waals surface area contributed by atoms with Crippen LogP contribution in [0.2, 0.25) is 11.5 Å². The van der Waals surface area contributed by atoms with Gasteiger partial charge in [-0.05, 0) is 0 Å². The molecule has 0 N–H and O–H groups in total. The third kappa shape index (κ3) is 4.13. The van der Waals surface area contributed by atoms with E-state index in [1.807, 2.05) is 6.66 Å². The molecule has 4 heteroatoms. The summed E-state index contributed by atoms with van der Waals surface area (Å²) in [6.07, 6.45) is 5.05. The van der Waals surface area contributed by atoms with Crippen LogP contribution >= 0.6 is 0 Å². The summed E-state index contributed by atoms with van der Waals surface area (Å²) in [5.41, 5.74) is 6.48. The largest absolute Gasteiger partial charge is 1.00 e. The molecule has 2 unspecified atom stereocenters. The molecule has 0 amide bonds. The third-order valence-electron chi connectivity index (χ3n) is 5.06. The molecule has 123 valence electrons. The molecule has 0 spiro atoms. The van der Waals surface area contributed by atoms with Crippen molar-refractivity contribution in [1.82, 2.24) is 0 Å². The van der Waals surface area contributed by atoms with E-state index in [9.17, 15) is 0 Å². The molecule has 0 saturated heterocycles. The van der Waals surface area contributed by atoms with Gasteiger partial charge >= 0.3 is 136 Å². The van der Waals surface area contributed by atoms with Gasteiger partial charge in [0.25, 0.3) is 0 Å². The molecular formula is C18H29Cl2GeHf. The normalized spacial score (nSPS) is 24.2. The van der Waals surface area contributed by atoms with Crippen LogP contribution in [0, 0.1) is 11.8 Å². The molecule has 0 aromatic heterocycles. The van der Waals surface area contributed by atoms with Gasteiger partial charge in [0, 0.05) is 0 Å². The predicted octanol–water partition coefficient (Wildman–Crippen LogP) is -0.664. The number of halogens is 2. The minimum atomic E-state index is -1.77. The van der Waals surface area contributed by atoms with Crippen LogP contribution in [0.1, 0.15) is 41.5 Å². The van der Waals surface area contributed by atoms with E-state index in [4.69, 9.17) is 0 Å². The minimum Gasteiger partial charge on any atom is -1.00 e. The second-order valence-electron chi connectivity index (χ2n) is 6.92. The van der Waals surface area contributed by atoms with E-state index in [-0.39, 0.29) is 24.8 Å². The third-order valence-corrected chi connectivity index (χ3v) is 49.9. The van der Waals surface area contributed by atoms with Crippen molar-refractivity contribution in [1.29, 1.82) is 0 Å². The van der Waals surface area contributed by atoms with E-state index in [2.05, 4.69) is 65.2 Å². The monoisotopic (exact) mass is 569 g/mol. The Morgan fingerprint density at radius 2 is 1.09 bits per heavy atom. The molecule has 0 aliphatic heterocycles. The zero-order valence-corrected chi connectivity index (χ0v) is 22.7. The Hall–Kier alpha value is 0.953. The maximum atomic E-state index is 2.66. The van der Waals surface area contributed by atoms with Crippen LogP contribution in [0.5, 0.6) is 0 Å². The first-order valence-electron chi connectivity index (χ1n) is 7.92. The van der Waals surface area contributed by atoms with Gasteiger partial charge in [-0.15, -0.1) is 0 Å². The Labute approximate surface area is 159 Å². The Balaban J connectivity index is 0.00000220. The molecule has 0 aromatic rings. The van der Waals surface area contributed by atoms with Crippen LogP contribution in [0.4, 0.5) is 0 Å². The van der Waals surface area contributed by atoms with Crippen LogP contribution in [0.15, 0.2) is 41.1 Å². The fraction of sp³-hybridized carbons (Fsp3) is 0.556. The summed E-state index contributed by atoms with van der Waals surface area (Å²) in [6.45, 7) is 14.3. The van der Waals surface area contributed by atoms with E-state index in [0.717, 1.165) is 11.8 Å². The maximum absolute atomic E-state index is 2.66. The molecule has 2 rings (SSSR count). The Morgan fingerprint density at radius 1 is 0.773 bits per heavy atom. The zero-order valence-electron chi connectivity index (χ0n) is 15.1. The molecule has 2 aliphatic carbocycles. The van der Waals surface area contributed by atoms with Gasteiger partial charge in [-0.1, -0.05) is 0 Å². The molecule has 2 aliphatic rings. The van der Waals surface area contributed by atoms with Crippen LogP contribution in [0.3, 0.4) is 0 Å². The molecule has 0 radical (unpaired) electrons. The molecule has 0 heterocycles. The van der Waals surface area contributed by atoms with Gasteiger partial charge in [0.1, 0.15) is 0 Å². The fourth-order valence-electron chi connectivity index (χ4n) is 3.94. The predicted molar refractivity (Wildman–Crippen MR) is 90.1 cm³/mol. The number of allylic oxidation sites excluding steroid dienone is 8. The summed E-state index contributed by atoms with van der Waals surface area (Å²) in [7, 11) is -1.07. The van der Waals surface area contributed by atoms with Crippen molar-refractivity contribution in [2.45, 2.75) is 53.1 Å². The molecule has 0 fully saturated rings. The minimum absolute atomic E-state index is 0. The topological polar surface area (TPSA) is 0 Å². The van der Waals surface area contributed by atoms with Crippen LogP contribution in [-0.4, -0.2) is 10.6 Å². The smallest absolute Gasteiger partial charge is 1.00 e. The summed E-state index contributed by atoms with van der Waals surface area (Å²) in [6, 6.07) is 0. The molecule has 0 saturated carbocycles. The van der Waals surface area contributed by atoms with Crippen LogP contribution in [0.25, 0.3) is 0 Å². The quantitative estimate of drug-likeness (QED) is 0.398. The van der Waals surface area contributed by atoms with E-state index >= 15 is 0 Å².